The van der Waals surface area contributed by atoms with Gasteiger partial charge in [-0.2, -0.15) is 0 Å². The zero-order valence-corrected chi connectivity index (χ0v) is 19.5. The third-order valence-electron chi connectivity index (χ3n) is 4.95. The van der Waals surface area contributed by atoms with Gasteiger partial charge in [0.05, 0.1) is 20.4 Å². The fourth-order valence-electron chi connectivity index (χ4n) is 3.48. The minimum atomic E-state index is -5.36. The molecule has 0 unspecified atom stereocenters. The van der Waals surface area contributed by atoms with Crippen molar-refractivity contribution in [1.29, 1.82) is 0 Å². The normalized spacial score (nSPS) is 13.1. The number of phenols is 1. The molecule has 4 aromatic carbocycles. The fourth-order valence-corrected chi connectivity index (χ4v) is 5.50. The molecule has 0 aliphatic carbocycles. The third-order valence-corrected chi connectivity index (χ3v) is 7.52. The van der Waals surface area contributed by atoms with Gasteiger partial charge >= 0.3 is 0 Å². The minimum Gasteiger partial charge on any atom is -0.744 e. The molecular weight excluding hydrogens is 524 g/mol. The Kier molecular flexibility index (Phi) is 5.87. The van der Waals surface area contributed by atoms with Gasteiger partial charge < -0.3 is 18.8 Å². The van der Waals surface area contributed by atoms with Crippen molar-refractivity contribution in [2.45, 2.75) is 14.7 Å². The third kappa shape index (κ3) is 4.72. The number of benzene rings is 4. The van der Waals surface area contributed by atoms with Crippen molar-refractivity contribution < 1.29 is 44.0 Å². The molecule has 0 atom stereocenters. The summed E-state index contributed by atoms with van der Waals surface area (Å²) in [5.41, 5.74) is -0.508. The van der Waals surface area contributed by atoms with Crippen LogP contribution in [0, 0.1) is 0 Å². The van der Waals surface area contributed by atoms with Crippen molar-refractivity contribution in [3.63, 3.8) is 0 Å². The van der Waals surface area contributed by atoms with Crippen LogP contribution in [0.3, 0.4) is 0 Å². The SMILES string of the molecule is O=S(=O)([O-])c1cc(S(=O)(=O)[O-])c2c(N=Nc3ccc(S(=O)(=O)[O-])c4ccccc34)c(O)ccc2c1. The second kappa shape index (κ2) is 8.33. The van der Waals surface area contributed by atoms with Crippen LogP contribution in [0.2, 0.25) is 0 Å². The molecule has 0 aliphatic rings. The first-order valence-electron chi connectivity index (χ1n) is 9.29. The number of hydrogen-bond donors (Lipinski definition) is 1. The molecular formula is C20H11N2O10S3-3. The van der Waals surface area contributed by atoms with Crippen molar-refractivity contribution >= 4 is 63.3 Å². The highest BCUT2D eigenvalue weighted by Crippen LogP contribution is 2.41. The summed E-state index contributed by atoms with van der Waals surface area (Å²) in [6, 6.07) is 11.3. The molecule has 35 heavy (non-hydrogen) atoms. The van der Waals surface area contributed by atoms with Gasteiger partial charge in [-0.25, -0.2) is 25.3 Å². The molecule has 12 nitrogen and oxygen atoms in total. The number of nitrogens with zero attached hydrogens (tertiary/aromatic N) is 2. The lowest BCUT2D eigenvalue weighted by atomic mass is 10.1. The second-order valence-corrected chi connectivity index (χ2v) is 11.2. The lowest BCUT2D eigenvalue weighted by Gasteiger charge is -2.16. The standard InChI is InChI=1S/C20H14N2O10S3/c23-16-7-5-11-9-12(33(24,25)26)10-18(35(30,31)32)19(11)20(16)22-21-15-6-8-17(34(27,28)29)14-4-2-1-3-13(14)15/h1-10,23H,(H,24,25,26)(H,27,28,29)(H,30,31,32)/p-3. The highest BCUT2D eigenvalue weighted by molar-refractivity contribution is 7.86. The van der Waals surface area contributed by atoms with E-state index in [1.807, 2.05) is 0 Å². The molecule has 0 radical (unpaired) electrons. The summed E-state index contributed by atoms with van der Waals surface area (Å²) in [5.74, 6) is -0.632. The van der Waals surface area contributed by atoms with Gasteiger partial charge in [-0.3, -0.25) is 0 Å². The lowest BCUT2D eigenvalue weighted by Crippen LogP contribution is -2.05. The van der Waals surface area contributed by atoms with Crippen molar-refractivity contribution in [2.75, 3.05) is 0 Å². The predicted molar refractivity (Wildman–Crippen MR) is 118 cm³/mol. The molecule has 15 heteroatoms. The van der Waals surface area contributed by atoms with E-state index in [1.54, 1.807) is 0 Å². The maximum atomic E-state index is 11.9. The van der Waals surface area contributed by atoms with Crippen LogP contribution >= 0.6 is 0 Å². The first-order chi connectivity index (χ1) is 16.2. The van der Waals surface area contributed by atoms with Gasteiger partial charge in [-0.1, -0.05) is 30.3 Å². The topological polar surface area (TPSA) is 217 Å². The van der Waals surface area contributed by atoms with Crippen molar-refractivity contribution in [1.82, 2.24) is 0 Å². The maximum absolute atomic E-state index is 11.9. The van der Waals surface area contributed by atoms with Gasteiger partial charge in [0.15, 0.2) is 0 Å². The molecule has 4 rings (SSSR count). The average molecular weight is 536 g/mol. The van der Waals surface area contributed by atoms with E-state index < -0.39 is 61.9 Å². The number of fused-ring (bicyclic) bond motifs is 2. The average Bonchev–Trinajstić information content (AvgIpc) is 2.75. The molecule has 0 spiro atoms. The van der Waals surface area contributed by atoms with Crippen LogP contribution in [0.15, 0.2) is 85.6 Å². The molecule has 1 N–H and O–H groups in total. The van der Waals surface area contributed by atoms with E-state index in [1.165, 1.54) is 24.3 Å². The van der Waals surface area contributed by atoms with Gasteiger partial charge in [-0.15, -0.1) is 10.2 Å². The molecule has 0 fully saturated rings. The summed E-state index contributed by atoms with van der Waals surface area (Å²) in [7, 11) is -15.3. The van der Waals surface area contributed by atoms with Crippen LogP contribution in [0.25, 0.3) is 21.5 Å². The Bertz CT molecular complexity index is 1880. The lowest BCUT2D eigenvalue weighted by molar-refractivity contribution is 0.459. The molecule has 4 aromatic rings. The van der Waals surface area contributed by atoms with Gasteiger partial charge in [0, 0.05) is 16.2 Å². The molecule has 0 saturated heterocycles. The molecule has 0 bridgehead atoms. The molecule has 182 valence electrons. The molecule has 0 heterocycles. The maximum Gasteiger partial charge on any atom is 0.143 e. The van der Waals surface area contributed by atoms with Gasteiger partial charge in [0.1, 0.15) is 41.8 Å². The van der Waals surface area contributed by atoms with E-state index in [9.17, 15) is 44.0 Å². The zero-order chi connectivity index (χ0) is 25.8. The van der Waals surface area contributed by atoms with E-state index in [2.05, 4.69) is 10.2 Å². The summed E-state index contributed by atoms with van der Waals surface area (Å²) in [5, 5.41) is 17.6. The molecule has 0 aliphatic heterocycles. The number of phenolic OH excluding ortho intramolecular Hbond substituents is 1. The summed E-state index contributed by atoms with van der Waals surface area (Å²) >= 11 is 0. The minimum absolute atomic E-state index is 0.0229. The number of hydrogen-bond acceptors (Lipinski definition) is 12. The van der Waals surface area contributed by atoms with E-state index in [4.69, 9.17) is 0 Å². The Balaban J connectivity index is 2.02. The van der Waals surface area contributed by atoms with Crippen molar-refractivity contribution in [3.05, 3.63) is 60.7 Å². The largest absolute Gasteiger partial charge is 0.744 e. The summed E-state index contributed by atoms with van der Waals surface area (Å²) in [6.07, 6.45) is 0. The van der Waals surface area contributed by atoms with Gasteiger partial charge in [0.2, 0.25) is 0 Å². The number of aromatic hydroxyl groups is 1. The number of azo groups is 1. The summed E-state index contributed by atoms with van der Waals surface area (Å²) in [4.78, 5) is -2.61. The fraction of sp³-hybridized carbons (Fsp3) is 0. The number of rotatable bonds is 5. The molecule has 0 amide bonds. The monoisotopic (exact) mass is 535 g/mol. The Labute approximate surface area is 198 Å². The van der Waals surface area contributed by atoms with Crippen LogP contribution in [0.4, 0.5) is 11.4 Å². The Morgan fingerprint density at radius 1 is 0.657 bits per heavy atom. The van der Waals surface area contributed by atoms with Crippen LogP contribution < -0.4 is 0 Å². The zero-order valence-electron chi connectivity index (χ0n) is 17.0. The van der Waals surface area contributed by atoms with Crippen LogP contribution in [-0.2, 0) is 30.4 Å². The first-order valence-corrected chi connectivity index (χ1v) is 13.5. The summed E-state index contributed by atoms with van der Waals surface area (Å²) < 4.78 is 105. The Hall–Kier alpha value is -3.47. The predicted octanol–water partition coefficient (Wildman–Crippen LogP) is 2.83. The first kappa shape index (κ1) is 24.6. The van der Waals surface area contributed by atoms with Crippen molar-refractivity contribution in [2.24, 2.45) is 10.2 Å². The van der Waals surface area contributed by atoms with Crippen molar-refractivity contribution in [3.8, 4) is 5.75 Å². The highest BCUT2D eigenvalue weighted by atomic mass is 32.2. The van der Waals surface area contributed by atoms with E-state index in [-0.39, 0.29) is 21.8 Å². The van der Waals surface area contributed by atoms with Crippen LogP contribution in [0.5, 0.6) is 5.75 Å². The molecule has 0 aromatic heterocycles. The van der Waals surface area contributed by atoms with Crippen LogP contribution in [0.1, 0.15) is 0 Å². The Morgan fingerprint density at radius 2 is 1.29 bits per heavy atom. The quantitative estimate of drug-likeness (QED) is 0.291. The molecule has 0 saturated carbocycles. The van der Waals surface area contributed by atoms with Crippen LogP contribution in [-0.4, -0.2) is 44.0 Å². The van der Waals surface area contributed by atoms with Gasteiger partial charge in [-0.05, 0) is 35.7 Å². The van der Waals surface area contributed by atoms with E-state index in [0.717, 1.165) is 30.3 Å². The van der Waals surface area contributed by atoms with E-state index >= 15 is 0 Å². The Morgan fingerprint density at radius 3 is 1.89 bits per heavy atom. The smallest absolute Gasteiger partial charge is 0.143 e. The highest BCUT2D eigenvalue weighted by Gasteiger charge is 2.19. The van der Waals surface area contributed by atoms with Gasteiger partial charge in [0.25, 0.3) is 0 Å². The summed E-state index contributed by atoms with van der Waals surface area (Å²) in [6.45, 7) is 0. The van der Waals surface area contributed by atoms with E-state index in [0.29, 0.717) is 6.07 Å². The second-order valence-electron chi connectivity index (χ2n) is 7.14.